The Kier molecular flexibility index (Phi) is 22.3. The minimum atomic E-state index is -2.06. The number of carbonyl (C=O) groups excluding carboxylic acids is 2. The maximum atomic E-state index is 13.8. The summed E-state index contributed by atoms with van der Waals surface area (Å²) in [5, 5.41) is 13.9. The number of nitrogens with two attached hydrogens (primary N) is 1. The minimum absolute atomic E-state index is 0.0440. The summed E-state index contributed by atoms with van der Waals surface area (Å²) in [6.07, 6.45) is 11.2. The highest BCUT2D eigenvalue weighted by Crippen LogP contribution is 2.42. The van der Waals surface area contributed by atoms with Gasteiger partial charge in [-0.25, -0.2) is 39.5 Å². The number of nitrogens with zero attached hydrogens (tertiary/aromatic N) is 14. The maximum absolute atomic E-state index is 13.8. The lowest BCUT2D eigenvalue weighted by atomic mass is 10.1. The number of halogens is 8. The molecule has 2 aromatic carbocycles. The fourth-order valence-corrected chi connectivity index (χ4v) is 12.1. The largest absolute Gasteiger partial charge is 0.414 e. The van der Waals surface area contributed by atoms with Crippen molar-refractivity contribution in [1.29, 1.82) is 0 Å². The number of aryl methyl sites for hydroxylation is 2. The number of aromatic nitrogens is 12. The molecule has 0 radical (unpaired) electrons. The van der Waals surface area contributed by atoms with Crippen molar-refractivity contribution in [2.75, 3.05) is 24.3 Å². The molecule has 90 heavy (non-hydrogen) atoms. The topological polar surface area (TPSA) is 220 Å². The van der Waals surface area contributed by atoms with E-state index in [0.29, 0.717) is 80.1 Å². The first-order valence-electron chi connectivity index (χ1n) is 28.1. The van der Waals surface area contributed by atoms with Gasteiger partial charge in [-0.2, -0.15) is 10.2 Å². The van der Waals surface area contributed by atoms with Crippen LogP contribution in [-0.2, 0) is 36.0 Å². The van der Waals surface area contributed by atoms with Crippen LogP contribution in [0.4, 0.5) is 27.2 Å². The third-order valence-electron chi connectivity index (χ3n) is 16.0. The van der Waals surface area contributed by atoms with E-state index in [0.717, 1.165) is 33.9 Å². The zero-order chi connectivity index (χ0) is 65.8. The van der Waals surface area contributed by atoms with Gasteiger partial charge in [0.15, 0.2) is 21.8 Å². The SMILES string of the molecule is CC(C)(C)[Si](C)(C)OC[C@H](c1cccc(Cl)c1)N1Cc2cc(-c3nc(Cl)ncc3Cl)cn2C1=O.Clc1ncc(Cl)c(Cl)n1.Cn1nccc1N.Cn1nccc1Nc1ncc(Cl)c(-c2cc3n(c2)C(=O)N([C@H](CO[Si](C)(C)C(C)(C)C)c2cccc(Cl)c2)C3)n1. The number of benzene rings is 2. The van der Waals surface area contributed by atoms with Gasteiger partial charge in [-0.3, -0.25) is 18.5 Å². The van der Waals surface area contributed by atoms with Crippen molar-refractivity contribution in [3.05, 3.63) is 180 Å². The Bertz CT molecular complexity index is 4020. The number of hydrogen-bond donors (Lipinski definition) is 2. The first-order valence-corrected chi connectivity index (χ1v) is 36.9. The van der Waals surface area contributed by atoms with Gasteiger partial charge in [-0.15, -0.1) is 0 Å². The molecule has 2 atom stereocenters. The van der Waals surface area contributed by atoms with Crippen LogP contribution in [0.2, 0.25) is 77.1 Å². The van der Waals surface area contributed by atoms with Gasteiger partial charge >= 0.3 is 12.1 Å². The zero-order valence-corrected chi connectivity index (χ0v) is 59.5. The Morgan fingerprint density at radius 1 is 0.578 bits per heavy atom. The molecule has 11 rings (SSSR count). The van der Waals surface area contributed by atoms with E-state index in [4.69, 9.17) is 107 Å². The Hall–Kier alpha value is -6.13. The second kappa shape index (κ2) is 28.8. The van der Waals surface area contributed by atoms with E-state index in [1.54, 1.807) is 62.6 Å². The summed E-state index contributed by atoms with van der Waals surface area (Å²) in [5.41, 5.74) is 11.4. The van der Waals surface area contributed by atoms with Gasteiger partial charge in [0.2, 0.25) is 16.5 Å². The number of carbonyl (C=O) groups is 2. The van der Waals surface area contributed by atoms with Crippen molar-refractivity contribution >= 4 is 139 Å². The molecular weight excluding hydrogens is 1350 g/mol. The van der Waals surface area contributed by atoms with Gasteiger partial charge in [0.1, 0.15) is 11.6 Å². The molecule has 0 bridgehead atoms. The number of hydrogen-bond acceptors (Lipinski definition) is 14. The number of amides is 2. The molecule has 2 amide bonds. The van der Waals surface area contributed by atoms with Crippen molar-refractivity contribution in [3.8, 4) is 22.5 Å². The van der Waals surface area contributed by atoms with E-state index >= 15 is 0 Å². The monoisotopic (exact) mass is 1410 g/mol. The smallest absolute Gasteiger partial charge is 0.329 e. The number of anilines is 3. The molecule has 0 fully saturated rings. The summed E-state index contributed by atoms with van der Waals surface area (Å²) in [6, 6.07) is 21.8. The predicted molar refractivity (Wildman–Crippen MR) is 364 cm³/mol. The van der Waals surface area contributed by atoms with E-state index in [-0.39, 0.29) is 49.9 Å². The average molecular weight is 1420 g/mol. The van der Waals surface area contributed by atoms with Crippen LogP contribution in [0.25, 0.3) is 22.5 Å². The molecule has 0 aliphatic carbocycles. The molecule has 0 spiro atoms. The van der Waals surface area contributed by atoms with Crippen LogP contribution in [0.5, 0.6) is 0 Å². The molecule has 476 valence electrons. The summed E-state index contributed by atoms with van der Waals surface area (Å²) in [6.45, 7) is 23.7. The van der Waals surface area contributed by atoms with E-state index < -0.39 is 16.6 Å². The Morgan fingerprint density at radius 2 is 1.02 bits per heavy atom. The van der Waals surface area contributed by atoms with Gasteiger partial charge in [0, 0.05) is 65.1 Å². The lowest BCUT2D eigenvalue weighted by molar-refractivity contribution is 0.144. The van der Waals surface area contributed by atoms with Crippen LogP contribution in [0.1, 0.15) is 76.1 Å². The normalized spacial score (nSPS) is 13.8. The Balaban J connectivity index is 0.000000187. The van der Waals surface area contributed by atoms with Crippen molar-refractivity contribution in [1.82, 2.24) is 68.4 Å². The van der Waals surface area contributed by atoms with Gasteiger partial charge < -0.3 is 29.7 Å². The van der Waals surface area contributed by atoms with Crippen LogP contribution in [-0.4, -0.2) is 110 Å². The van der Waals surface area contributed by atoms with E-state index in [1.807, 2.05) is 83.6 Å². The highest BCUT2D eigenvalue weighted by molar-refractivity contribution is 6.74. The van der Waals surface area contributed by atoms with Gasteiger partial charge in [-0.1, -0.05) is 135 Å². The Labute approximate surface area is 565 Å². The molecule has 2 aliphatic heterocycles. The van der Waals surface area contributed by atoms with Crippen LogP contribution in [0, 0.1) is 0 Å². The van der Waals surface area contributed by atoms with Crippen molar-refractivity contribution in [3.63, 3.8) is 0 Å². The van der Waals surface area contributed by atoms with E-state index in [1.165, 1.54) is 12.4 Å². The standard InChI is InChI=1S/C28H33Cl2N7O2Si.C24H27Cl3N4O2Si.C4HCl3N2.C4H7N3/c1-28(2,3)40(5,6)39-17-23(18-8-7-9-20(29)12-18)37-16-21-13-19(15-36(21)27(37)38)25-22(30)14-31-26(34-25)33-24-10-11-32-35(24)4;1-24(2,3)34(4,5)33-14-20(15-7-6-8-17(25)9-15)31-13-18-10-16(12-30(18)23(31)32)21-19(26)11-28-22(27)29-21;5-2-1-8-4(7)9-3(2)6;1-7-4(5)2-3-6-7/h7-15,23H,16-17H2,1-6H3,(H,31,33,34);6-12,20H,13-14H2,1-5H3;1H;2-3H,5H2,1H3/t23-;20-;;/m11../s1. The number of fused-ring (bicyclic) bond motifs is 2. The van der Waals surface area contributed by atoms with Gasteiger partial charge in [-0.05, 0) is 113 Å². The Morgan fingerprint density at radius 3 is 1.41 bits per heavy atom. The highest BCUT2D eigenvalue weighted by atomic mass is 35.5. The number of nitrogen functional groups attached to an aromatic ring is 1. The first kappa shape index (κ1) is 69.8. The van der Waals surface area contributed by atoms with E-state index in [2.05, 4.69) is 113 Å². The van der Waals surface area contributed by atoms with Crippen LogP contribution in [0.3, 0.4) is 0 Å². The van der Waals surface area contributed by atoms with Gasteiger partial charge in [0.25, 0.3) is 0 Å². The molecule has 30 heteroatoms. The minimum Gasteiger partial charge on any atom is -0.414 e. The predicted octanol–water partition coefficient (Wildman–Crippen LogP) is 17.2. The maximum Gasteiger partial charge on any atom is 0.329 e. The second-order valence-corrected chi connectivity index (χ2v) is 36.9. The first-order chi connectivity index (χ1) is 42.2. The zero-order valence-electron chi connectivity index (χ0n) is 51.4. The van der Waals surface area contributed by atoms with Crippen molar-refractivity contribution in [2.24, 2.45) is 14.1 Å². The summed E-state index contributed by atoms with van der Waals surface area (Å²) in [4.78, 5) is 55.2. The number of rotatable bonds is 14. The van der Waals surface area contributed by atoms with Crippen molar-refractivity contribution in [2.45, 2.75) is 103 Å². The molecule has 7 aromatic heterocycles. The number of nitrogens with one attached hydrogen (secondary N) is 1. The summed E-state index contributed by atoms with van der Waals surface area (Å²) >= 11 is 47.6. The molecule has 20 nitrogen and oxygen atoms in total. The van der Waals surface area contributed by atoms with Crippen LogP contribution in [0.15, 0.2) is 116 Å². The second-order valence-electron chi connectivity index (χ2n) is 24.1. The molecular formula is C60H68Cl8N16O4Si2. The molecule has 9 heterocycles. The third-order valence-corrected chi connectivity index (χ3v) is 27.1. The molecule has 9 aromatic rings. The van der Waals surface area contributed by atoms with Crippen LogP contribution >= 0.6 is 92.8 Å². The summed E-state index contributed by atoms with van der Waals surface area (Å²) in [7, 11) is -0.472. The average Bonchev–Trinajstić information content (AvgIpc) is 1.69. The van der Waals surface area contributed by atoms with Crippen molar-refractivity contribution < 1.29 is 18.4 Å². The molecule has 2 aliphatic rings. The summed E-state index contributed by atoms with van der Waals surface area (Å²) in [5.74, 6) is 1.82. The van der Waals surface area contributed by atoms with Gasteiger partial charge in [0.05, 0.1) is 95.8 Å². The quantitative estimate of drug-likeness (QED) is 0.0588. The van der Waals surface area contributed by atoms with Crippen LogP contribution < -0.4 is 11.1 Å². The lowest BCUT2D eigenvalue weighted by Crippen LogP contribution is -2.44. The highest BCUT2D eigenvalue weighted by Gasteiger charge is 2.42. The fraction of sp³-hybridized carbons (Fsp3) is 0.333. The molecule has 0 saturated carbocycles. The summed E-state index contributed by atoms with van der Waals surface area (Å²) < 4.78 is 19.7. The lowest BCUT2D eigenvalue weighted by Gasteiger charge is -2.38. The fourth-order valence-electron chi connectivity index (χ4n) is 8.79. The molecule has 0 unspecified atom stereocenters. The third kappa shape index (κ3) is 16.7. The molecule has 0 saturated heterocycles. The van der Waals surface area contributed by atoms with E-state index in [9.17, 15) is 9.59 Å². The molecule has 3 N–H and O–H groups in total.